The van der Waals surface area contributed by atoms with Crippen molar-refractivity contribution in [2.45, 2.75) is 0 Å². The summed E-state index contributed by atoms with van der Waals surface area (Å²) < 4.78 is 8.97. The molecule has 0 aliphatic heterocycles. The largest absolute Gasteiger partial charge is 0.455 e. The van der Waals surface area contributed by atoms with Crippen molar-refractivity contribution in [1.29, 1.82) is 0 Å². The van der Waals surface area contributed by atoms with Crippen molar-refractivity contribution in [2.24, 2.45) is 0 Å². The molecule has 0 N–H and O–H groups in total. The third-order valence-corrected chi connectivity index (χ3v) is 14.4. The zero-order chi connectivity index (χ0) is 46.8. The first kappa shape index (κ1) is 40.6. The maximum Gasteiger partial charge on any atom is 0.143 e. The van der Waals surface area contributed by atoms with Crippen LogP contribution in [0.3, 0.4) is 0 Å². The van der Waals surface area contributed by atoms with Gasteiger partial charge in [-0.2, -0.15) is 0 Å². The SMILES string of the molecule is c1cc(-c2ccccc2-c2ccccc2-n2c3ccccc3c3ccccc32)cc(N(c2ccc(-c3cccc4c3oc3ccccc34)cc2)c2ccccc2-c2cc3ccccc3c3ccccc23)c1. The molecule has 2 aromatic heterocycles. The Labute approximate surface area is 411 Å². The quantitative estimate of drug-likeness (QED) is 0.142. The first-order chi connectivity index (χ1) is 35.2. The van der Waals surface area contributed by atoms with Gasteiger partial charge in [-0.3, -0.25) is 0 Å². The Bertz CT molecular complexity index is 4310. The second kappa shape index (κ2) is 16.7. The van der Waals surface area contributed by atoms with Gasteiger partial charge < -0.3 is 13.9 Å². The molecule has 0 saturated carbocycles. The predicted molar refractivity (Wildman–Crippen MR) is 299 cm³/mol. The molecule has 0 saturated heterocycles. The summed E-state index contributed by atoms with van der Waals surface area (Å²) in [6.45, 7) is 0. The van der Waals surface area contributed by atoms with Gasteiger partial charge in [-0.25, -0.2) is 0 Å². The van der Waals surface area contributed by atoms with Crippen molar-refractivity contribution < 1.29 is 4.42 Å². The second-order valence-corrected chi connectivity index (χ2v) is 18.4. The minimum Gasteiger partial charge on any atom is -0.455 e. The average molecular weight is 905 g/mol. The molecule has 12 aromatic carbocycles. The minimum atomic E-state index is 0.896. The van der Waals surface area contributed by atoms with Crippen LogP contribution in [0.2, 0.25) is 0 Å². The van der Waals surface area contributed by atoms with Gasteiger partial charge in [0.1, 0.15) is 11.2 Å². The van der Waals surface area contributed by atoms with Crippen molar-refractivity contribution in [3.05, 3.63) is 267 Å². The Balaban J connectivity index is 0.954. The minimum absolute atomic E-state index is 0.896. The Kier molecular flexibility index (Phi) is 9.53. The van der Waals surface area contributed by atoms with Crippen molar-refractivity contribution >= 4 is 82.4 Å². The van der Waals surface area contributed by atoms with Gasteiger partial charge in [-0.1, -0.05) is 206 Å². The zero-order valence-corrected chi connectivity index (χ0v) is 38.7. The molecule has 0 spiro atoms. The number of benzene rings is 12. The fourth-order valence-electron chi connectivity index (χ4n) is 11.2. The molecular formula is C68H44N2O. The molecule has 332 valence electrons. The Morgan fingerprint density at radius 3 is 1.65 bits per heavy atom. The maximum atomic E-state index is 6.54. The first-order valence-corrected chi connectivity index (χ1v) is 24.3. The van der Waals surface area contributed by atoms with Gasteiger partial charge in [0.2, 0.25) is 0 Å². The highest BCUT2D eigenvalue weighted by molar-refractivity contribution is 6.15. The summed E-state index contributed by atoms with van der Waals surface area (Å²) in [7, 11) is 0. The maximum absolute atomic E-state index is 6.54. The Morgan fingerprint density at radius 1 is 0.296 bits per heavy atom. The van der Waals surface area contributed by atoms with Crippen molar-refractivity contribution in [1.82, 2.24) is 4.57 Å². The smallest absolute Gasteiger partial charge is 0.143 e. The monoisotopic (exact) mass is 904 g/mol. The summed E-state index contributed by atoms with van der Waals surface area (Å²) in [6, 6.07) is 96.8. The lowest BCUT2D eigenvalue weighted by atomic mass is 9.91. The van der Waals surface area contributed by atoms with E-state index in [1.165, 1.54) is 60.0 Å². The summed E-state index contributed by atoms with van der Waals surface area (Å²) in [5.41, 5.74) is 17.6. The highest BCUT2D eigenvalue weighted by Crippen LogP contribution is 2.47. The molecule has 3 nitrogen and oxygen atoms in total. The number of nitrogens with zero attached hydrogens (tertiary/aromatic N) is 2. The van der Waals surface area contributed by atoms with Crippen molar-refractivity contribution in [3.8, 4) is 50.2 Å². The number of aromatic nitrogens is 1. The molecule has 14 rings (SSSR count). The van der Waals surface area contributed by atoms with Crippen LogP contribution in [0.1, 0.15) is 0 Å². The van der Waals surface area contributed by atoms with Gasteiger partial charge in [-0.05, 0) is 110 Å². The van der Waals surface area contributed by atoms with E-state index in [9.17, 15) is 0 Å². The van der Waals surface area contributed by atoms with Gasteiger partial charge in [0.05, 0.1) is 22.4 Å². The molecule has 14 aromatic rings. The van der Waals surface area contributed by atoms with Crippen LogP contribution in [0.4, 0.5) is 17.1 Å². The average Bonchev–Trinajstić information content (AvgIpc) is 4.00. The fraction of sp³-hybridized carbons (Fsp3) is 0. The number of furan rings is 1. The van der Waals surface area contributed by atoms with E-state index in [1.54, 1.807) is 0 Å². The van der Waals surface area contributed by atoms with E-state index in [0.29, 0.717) is 0 Å². The van der Waals surface area contributed by atoms with Crippen LogP contribution < -0.4 is 4.90 Å². The molecule has 2 heterocycles. The fourth-order valence-corrected chi connectivity index (χ4v) is 11.2. The molecule has 0 bridgehead atoms. The van der Waals surface area contributed by atoms with Crippen LogP contribution in [0.5, 0.6) is 0 Å². The summed E-state index contributed by atoms with van der Waals surface area (Å²) in [5, 5.41) is 9.67. The van der Waals surface area contributed by atoms with Crippen LogP contribution in [-0.4, -0.2) is 4.57 Å². The molecule has 0 unspecified atom stereocenters. The zero-order valence-electron chi connectivity index (χ0n) is 38.7. The number of hydrogen-bond donors (Lipinski definition) is 0. The molecular weight excluding hydrogens is 861 g/mol. The number of rotatable bonds is 8. The normalized spacial score (nSPS) is 11.7. The van der Waals surface area contributed by atoms with E-state index in [4.69, 9.17) is 4.42 Å². The molecule has 3 heteroatoms. The van der Waals surface area contributed by atoms with E-state index in [0.717, 1.165) is 72.5 Å². The predicted octanol–water partition coefficient (Wildman–Crippen LogP) is 19.1. The van der Waals surface area contributed by atoms with Crippen LogP contribution in [-0.2, 0) is 0 Å². The number of hydrogen-bond acceptors (Lipinski definition) is 2. The molecule has 0 amide bonds. The van der Waals surface area contributed by atoms with E-state index < -0.39 is 0 Å². The molecule has 0 atom stereocenters. The van der Waals surface area contributed by atoms with Gasteiger partial charge in [-0.15, -0.1) is 0 Å². The van der Waals surface area contributed by atoms with Crippen LogP contribution in [0.25, 0.3) is 115 Å². The molecule has 71 heavy (non-hydrogen) atoms. The molecule has 0 fully saturated rings. The number of para-hydroxylation sites is 6. The lowest BCUT2D eigenvalue weighted by Gasteiger charge is -2.29. The third kappa shape index (κ3) is 6.66. The van der Waals surface area contributed by atoms with Gasteiger partial charge in [0.25, 0.3) is 0 Å². The van der Waals surface area contributed by atoms with E-state index in [-0.39, 0.29) is 0 Å². The van der Waals surface area contributed by atoms with Crippen molar-refractivity contribution in [2.75, 3.05) is 4.90 Å². The number of fused-ring (bicyclic) bond motifs is 9. The van der Waals surface area contributed by atoms with Crippen LogP contribution >= 0.6 is 0 Å². The van der Waals surface area contributed by atoms with Crippen LogP contribution in [0, 0.1) is 0 Å². The van der Waals surface area contributed by atoms with Gasteiger partial charge >= 0.3 is 0 Å². The van der Waals surface area contributed by atoms with E-state index in [2.05, 4.69) is 264 Å². The lowest BCUT2D eigenvalue weighted by Crippen LogP contribution is -2.11. The topological polar surface area (TPSA) is 21.3 Å². The van der Waals surface area contributed by atoms with Gasteiger partial charge in [0.15, 0.2) is 0 Å². The third-order valence-electron chi connectivity index (χ3n) is 14.4. The van der Waals surface area contributed by atoms with Gasteiger partial charge in [0, 0.05) is 49.6 Å². The molecule has 0 aliphatic carbocycles. The lowest BCUT2D eigenvalue weighted by molar-refractivity contribution is 0.670. The summed E-state index contributed by atoms with van der Waals surface area (Å²) >= 11 is 0. The van der Waals surface area contributed by atoms with E-state index in [1.807, 2.05) is 12.1 Å². The summed E-state index contributed by atoms with van der Waals surface area (Å²) in [4.78, 5) is 2.43. The molecule has 0 radical (unpaired) electrons. The summed E-state index contributed by atoms with van der Waals surface area (Å²) in [5.74, 6) is 0. The first-order valence-electron chi connectivity index (χ1n) is 24.3. The second-order valence-electron chi connectivity index (χ2n) is 18.4. The highest BCUT2D eigenvalue weighted by atomic mass is 16.3. The van der Waals surface area contributed by atoms with Crippen molar-refractivity contribution in [3.63, 3.8) is 0 Å². The summed E-state index contributed by atoms with van der Waals surface area (Å²) in [6.07, 6.45) is 0. The Morgan fingerprint density at radius 2 is 0.859 bits per heavy atom. The Hall–Kier alpha value is -9.44. The molecule has 0 aliphatic rings. The van der Waals surface area contributed by atoms with Crippen LogP contribution in [0.15, 0.2) is 271 Å². The standard InChI is InChI=1S/C68H44N2O/c1-2-22-51-47(19-1)44-62(55-26-6-5-24-53(51)55)59-30-10-12-34-63(59)69(48-41-39-45(40-42-48)52-32-18-33-61-60-31-11-16-38-67(60)71-68(52)61)49-21-17-20-46(43-49)50-23-3-4-25-54(50)56-27-7-13-35-64(56)70-65-36-14-8-28-57(65)58-29-9-15-37-66(58)70/h1-44H. The highest BCUT2D eigenvalue weighted by Gasteiger charge is 2.22. The number of anilines is 3. The van der Waals surface area contributed by atoms with E-state index >= 15 is 0 Å².